The summed E-state index contributed by atoms with van der Waals surface area (Å²) < 4.78 is 10.3. The molecule has 0 spiro atoms. The zero-order chi connectivity index (χ0) is 19.9. The van der Waals surface area contributed by atoms with Gasteiger partial charge in [0.25, 0.3) is 5.91 Å². The van der Waals surface area contributed by atoms with E-state index >= 15 is 0 Å². The minimum absolute atomic E-state index is 0.0367. The van der Waals surface area contributed by atoms with Crippen LogP contribution in [-0.4, -0.2) is 25.1 Å². The lowest BCUT2D eigenvalue weighted by molar-refractivity contribution is -0.149. The van der Waals surface area contributed by atoms with Crippen molar-refractivity contribution in [3.05, 3.63) is 59.7 Å². The highest BCUT2D eigenvalue weighted by Gasteiger charge is 2.14. The van der Waals surface area contributed by atoms with Gasteiger partial charge in [-0.3, -0.25) is 4.79 Å². The van der Waals surface area contributed by atoms with Gasteiger partial charge in [0.1, 0.15) is 11.8 Å². The van der Waals surface area contributed by atoms with E-state index in [1.54, 1.807) is 36.4 Å². The number of rotatable bonds is 6. The van der Waals surface area contributed by atoms with Gasteiger partial charge in [0.05, 0.1) is 11.3 Å². The van der Waals surface area contributed by atoms with E-state index in [0.29, 0.717) is 17.0 Å². The number of esters is 1. The summed E-state index contributed by atoms with van der Waals surface area (Å²) in [6, 6.07) is 16.0. The molecule has 1 N–H and O–H groups in total. The largest absolute Gasteiger partial charge is 0.482 e. The van der Waals surface area contributed by atoms with Gasteiger partial charge in [-0.2, -0.15) is 5.26 Å². The summed E-state index contributed by atoms with van der Waals surface area (Å²) in [4.78, 5) is 23.6. The Morgan fingerprint density at radius 3 is 2.33 bits per heavy atom. The van der Waals surface area contributed by atoms with E-state index in [1.807, 2.05) is 18.2 Å². The lowest BCUT2D eigenvalue weighted by Gasteiger charge is -2.19. The average Bonchev–Trinajstić information content (AvgIpc) is 2.64. The fraction of sp³-hybridized carbons (Fsp3) is 0.286. The fourth-order valence-corrected chi connectivity index (χ4v) is 2.26. The van der Waals surface area contributed by atoms with Crippen molar-refractivity contribution in [3.63, 3.8) is 0 Å². The van der Waals surface area contributed by atoms with Crippen LogP contribution in [0.4, 0.5) is 5.69 Å². The van der Waals surface area contributed by atoms with Gasteiger partial charge in [-0.05, 0) is 35.2 Å². The Labute approximate surface area is 158 Å². The quantitative estimate of drug-likeness (QED) is 0.792. The standard InChI is InChI=1S/C21H22N2O4/c1-21(2,3)16-8-10-17(11-9-16)26-14-20(25)27-13-19(24)23-18-7-5-4-6-15(18)12-22/h4-11H,13-14H2,1-3H3,(H,23,24). The van der Waals surface area contributed by atoms with Crippen LogP contribution in [0.5, 0.6) is 5.75 Å². The van der Waals surface area contributed by atoms with Gasteiger partial charge in [-0.15, -0.1) is 0 Å². The first-order valence-corrected chi connectivity index (χ1v) is 8.47. The number of amides is 1. The normalized spacial score (nSPS) is 10.6. The second-order valence-corrected chi connectivity index (χ2v) is 6.93. The molecule has 0 saturated heterocycles. The third-order valence-electron chi connectivity index (χ3n) is 3.76. The summed E-state index contributed by atoms with van der Waals surface area (Å²) in [6.45, 7) is 5.59. The van der Waals surface area contributed by atoms with Gasteiger partial charge >= 0.3 is 5.97 Å². The fourth-order valence-electron chi connectivity index (χ4n) is 2.26. The number of nitrogens with zero attached hydrogens (tertiary/aromatic N) is 1. The molecule has 140 valence electrons. The van der Waals surface area contributed by atoms with Crippen molar-refractivity contribution in [1.29, 1.82) is 5.26 Å². The number of nitrogens with one attached hydrogen (secondary N) is 1. The molecule has 0 fully saturated rings. The van der Waals surface area contributed by atoms with Crippen LogP contribution in [0.2, 0.25) is 0 Å². The molecule has 0 heterocycles. The molecule has 0 saturated carbocycles. The van der Waals surface area contributed by atoms with Crippen LogP contribution >= 0.6 is 0 Å². The molecule has 0 aliphatic heterocycles. The van der Waals surface area contributed by atoms with E-state index in [1.165, 1.54) is 0 Å². The maximum atomic E-state index is 11.9. The highest BCUT2D eigenvalue weighted by Crippen LogP contribution is 2.24. The monoisotopic (exact) mass is 366 g/mol. The smallest absolute Gasteiger partial charge is 0.344 e. The molecule has 6 nitrogen and oxygen atoms in total. The lowest BCUT2D eigenvalue weighted by Crippen LogP contribution is -2.24. The van der Waals surface area contributed by atoms with Crippen LogP contribution < -0.4 is 10.1 Å². The average molecular weight is 366 g/mol. The van der Waals surface area contributed by atoms with Gasteiger partial charge in [-0.25, -0.2) is 4.79 Å². The van der Waals surface area contributed by atoms with Crippen LogP contribution in [0.1, 0.15) is 31.9 Å². The molecule has 27 heavy (non-hydrogen) atoms. The predicted molar refractivity (Wildman–Crippen MR) is 101 cm³/mol. The predicted octanol–water partition coefficient (Wildman–Crippen LogP) is 3.42. The molecule has 0 aliphatic carbocycles. The van der Waals surface area contributed by atoms with Crippen molar-refractivity contribution in [3.8, 4) is 11.8 Å². The zero-order valence-electron chi connectivity index (χ0n) is 15.6. The highest BCUT2D eigenvalue weighted by molar-refractivity contribution is 5.94. The number of benzene rings is 2. The number of para-hydroxylation sites is 1. The highest BCUT2D eigenvalue weighted by atomic mass is 16.6. The number of hydrogen-bond acceptors (Lipinski definition) is 5. The van der Waals surface area contributed by atoms with Gasteiger partial charge in [-0.1, -0.05) is 45.0 Å². The third-order valence-corrected chi connectivity index (χ3v) is 3.76. The molecule has 6 heteroatoms. The molecule has 2 aromatic rings. The molecule has 0 aromatic heterocycles. The van der Waals surface area contributed by atoms with Crippen molar-refractivity contribution in [2.24, 2.45) is 0 Å². The Morgan fingerprint density at radius 1 is 1.04 bits per heavy atom. The summed E-state index contributed by atoms with van der Waals surface area (Å²) >= 11 is 0. The molecule has 2 rings (SSSR count). The van der Waals surface area contributed by atoms with E-state index in [-0.39, 0.29) is 12.0 Å². The van der Waals surface area contributed by atoms with E-state index in [4.69, 9.17) is 14.7 Å². The lowest BCUT2D eigenvalue weighted by atomic mass is 9.87. The number of anilines is 1. The van der Waals surface area contributed by atoms with Gasteiger partial charge in [0, 0.05) is 0 Å². The first-order valence-electron chi connectivity index (χ1n) is 8.47. The maximum Gasteiger partial charge on any atom is 0.344 e. The van der Waals surface area contributed by atoms with Crippen molar-refractivity contribution >= 4 is 17.6 Å². The van der Waals surface area contributed by atoms with Gasteiger partial charge in [0.15, 0.2) is 13.2 Å². The number of nitriles is 1. The Kier molecular flexibility index (Phi) is 6.56. The summed E-state index contributed by atoms with van der Waals surface area (Å²) in [5, 5.41) is 11.5. The Bertz CT molecular complexity index is 846. The first kappa shape index (κ1) is 20.0. The third kappa shape index (κ3) is 6.15. The first-order chi connectivity index (χ1) is 12.8. The van der Waals surface area contributed by atoms with E-state index < -0.39 is 18.5 Å². The number of carbonyl (C=O) groups excluding carboxylic acids is 2. The topological polar surface area (TPSA) is 88.4 Å². The van der Waals surface area contributed by atoms with E-state index in [0.717, 1.165) is 5.56 Å². The van der Waals surface area contributed by atoms with E-state index in [2.05, 4.69) is 26.1 Å². The Hall–Kier alpha value is -3.33. The van der Waals surface area contributed by atoms with Crippen LogP contribution in [0.25, 0.3) is 0 Å². The number of hydrogen-bond donors (Lipinski definition) is 1. The second-order valence-electron chi connectivity index (χ2n) is 6.93. The molecule has 2 aromatic carbocycles. The van der Waals surface area contributed by atoms with Crippen molar-refractivity contribution < 1.29 is 19.1 Å². The number of carbonyl (C=O) groups is 2. The van der Waals surface area contributed by atoms with Crippen LogP contribution in [0.15, 0.2) is 48.5 Å². The minimum Gasteiger partial charge on any atom is -0.482 e. The van der Waals surface area contributed by atoms with E-state index in [9.17, 15) is 9.59 Å². The molecular weight excluding hydrogens is 344 g/mol. The summed E-state index contributed by atoms with van der Waals surface area (Å²) in [5.41, 5.74) is 1.90. The SMILES string of the molecule is CC(C)(C)c1ccc(OCC(=O)OCC(=O)Nc2ccccc2C#N)cc1. The summed E-state index contributed by atoms with van der Waals surface area (Å²) in [5.74, 6) is -0.633. The molecule has 0 bridgehead atoms. The summed E-state index contributed by atoms with van der Waals surface area (Å²) in [6.07, 6.45) is 0. The Morgan fingerprint density at radius 2 is 1.70 bits per heavy atom. The van der Waals surface area contributed by atoms with Crippen molar-refractivity contribution in [2.45, 2.75) is 26.2 Å². The van der Waals surface area contributed by atoms with Gasteiger partial charge < -0.3 is 14.8 Å². The van der Waals surface area contributed by atoms with Crippen LogP contribution in [-0.2, 0) is 19.7 Å². The molecule has 0 radical (unpaired) electrons. The maximum absolute atomic E-state index is 11.9. The van der Waals surface area contributed by atoms with Gasteiger partial charge in [0.2, 0.25) is 0 Å². The molecule has 1 amide bonds. The van der Waals surface area contributed by atoms with Crippen LogP contribution in [0.3, 0.4) is 0 Å². The number of ether oxygens (including phenoxy) is 2. The molecule has 0 atom stereocenters. The summed E-state index contributed by atoms with van der Waals surface area (Å²) in [7, 11) is 0. The second kappa shape index (κ2) is 8.86. The zero-order valence-corrected chi connectivity index (χ0v) is 15.6. The molecular formula is C21H22N2O4. The molecule has 0 aliphatic rings. The van der Waals surface area contributed by atoms with Crippen molar-refractivity contribution in [1.82, 2.24) is 0 Å². The van der Waals surface area contributed by atoms with Crippen LogP contribution in [0, 0.1) is 11.3 Å². The minimum atomic E-state index is -0.654. The van der Waals surface area contributed by atoms with Crippen molar-refractivity contribution in [2.75, 3.05) is 18.5 Å². The molecule has 0 unspecified atom stereocenters. The Balaban J connectivity index is 1.77.